The van der Waals surface area contributed by atoms with E-state index in [1.54, 1.807) is 6.20 Å². The number of rotatable bonds is 1. The van der Waals surface area contributed by atoms with E-state index in [0.29, 0.717) is 16.9 Å². The second-order valence-electron chi connectivity index (χ2n) is 6.18. The summed E-state index contributed by atoms with van der Waals surface area (Å²) in [5.41, 5.74) is 0.310. The summed E-state index contributed by atoms with van der Waals surface area (Å²) in [5, 5.41) is 3.60. The molecule has 1 spiro atoms. The molecule has 1 N–H and O–H groups in total. The second kappa shape index (κ2) is 5.79. The molecule has 0 bridgehead atoms. The van der Waals surface area contributed by atoms with E-state index in [-0.39, 0.29) is 5.91 Å². The van der Waals surface area contributed by atoms with Gasteiger partial charge in [-0.3, -0.25) is 4.79 Å². The number of carbonyl (C=O) groups is 1. The van der Waals surface area contributed by atoms with Crippen LogP contribution in [0.15, 0.2) is 6.20 Å². The van der Waals surface area contributed by atoms with Crippen molar-refractivity contribution >= 4 is 23.3 Å². The average Bonchev–Trinajstić information content (AvgIpc) is 2.66. The minimum atomic E-state index is 0.198. The second-order valence-corrected chi connectivity index (χ2v) is 6.58. The molecule has 0 aliphatic carbocycles. The Balaban J connectivity index is 1.70. The fraction of sp³-hybridized carbons (Fsp3) is 0.667. The molecule has 3 rings (SSSR count). The Hall–Kier alpha value is -1.36. The van der Waals surface area contributed by atoms with Crippen LogP contribution in [0.3, 0.4) is 0 Å². The van der Waals surface area contributed by atoms with E-state index in [2.05, 4.69) is 20.2 Å². The molecular formula is C15H21ClN4O. The smallest absolute Gasteiger partial charge is 0.220 e. The minimum Gasteiger partial charge on any atom is -0.356 e. The molecular weight excluding hydrogens is 288 g/mol. The number of hydrogen-bond acceptors (Lipinski definition) is 4. The number of nitrogens with one attached hydrogen (secondary N) is 1. The van der Waals surface area contributed by atoms with Crippen molar-refractivity contribution in [2.75, 3.05) is 24.5 Å². The normalized spacial score (nSPS) is 22.0. The fourth-order valence-corrected chi connectivity index (χ4v) is 3.63. The SMILES string of the molecule is Cc1ncc(Cl)c(N2CCC3(CCNC(=O)CC3)CC2)n1. The van der Waals surface area contributed by atoms with Gasteiger partial charge >= 0.3 is 0 Å². The first-order valence-electron chi connectivity index (χ1n) is 7.59. The molecule has 114 valence electrons. The van der Waals surface area contributed by atoms with Crippen LogP contribution in [0.25, 0.3) is 0 Å². The third-order valence-corrected chi connectivity index (χ3v) is 5.10. The van der Waals surface area contributed by atoms with Gasteiger partial charge in [0.15, 0.2) is 5.82 Å². The summed E-state index contributed by atoms with van der Waals surface area (Å²) in [7, 11) is 0. The van der Waals surface area contributed by atoms with Crippen molar-refractivity contribution in [1.29, 1.82) is 0 Å². The molecule has 6 heteroatoms. The summed E-state index contributed by atoms with van der Waals surface area (Å²) in [6.07, 6.45) is 6.63. The van der Waals surface area contributed by atoms with E-state index in [9.17, 15) is 4.79 Å². The van der Waals surface area contributed by atoms with E-state index in [4.69, 9.17) is 11.6 Å². The number of halogens is 1. The molecule has 2 saturated heterocycles. The summed E-state index contributed by atoms with van der Waals surface area (Å²) < 4.78 is 0. The lowest BCUT2D eigenvalue weighted by atomic mass is 9.73. The van der Waals surface area contributed by atoms with Crippen molar-refractivity contribution in [1.82, 2.24) is 15.3 Å². The number of hydrogen-bond donors (Lipinski definition) is 1. The Labute approximate surface area is 130 Å². The molecule has 0 atom stereocenters. The van der Waals surface area contributed by atoms with Gasteiger partial charge in [-0.2, -0.15) is 0 Å². The predicted octanol–water partition coefficient (Wildman–Crippen LogP) is 2.33. The monoisotopic (exact) mass is 308 g/mol. The van der Waals surface area contributed by atoms with E-state index < -0.39 is 0 Å². The number of amides is 1. The molecule has 0 unspecified atom stereocenters. The first kappa shape index (κ1) is 14.6. The van der Waals surface area contributed by atoms with E-state index in [0.717, 1.165) is 57.0 Å². The lowest BCUT2D eigenvalue weighted by molar-refractivity contribution is -0.120. The highest BCUT2D eigenvalue weighted by atomic mass is 35.5. The first-order valence-corrected chi connectivity index (χ1v) is 7.97. The van der Waals surface area contributed by atoms with Gasteiger partial charge in [0.25, 0.3) is 0 Å². The third-order valence-electron chi connectivity index (χ3n) is 4.83. The van der Waals surface area contributed by atoms with Gasteiger partial charge in [0, 0.05) is 26.1 Å². The fourth-order valence-electron chi connectivity index (χ4n) is 3.42. The Morgan fingerprint density at radius 2 is 2.05 bits per heavy atom. The van der Waals surface area contributed by atoms with Crippen molar-refractivity contribution in [3.63, 3.8) is 0 Å². The molecule has 2 aliphatic rings. The minimum absolute atomic E-state index is 0.198. The maximum Gasteiger partial charge on any atom is 0.220 e. The predicted molar refractivity (Wildman–Crippen MR) is 82.5 cm³/mol. The highest BCUT2D eigenvalue weighted by molar-refractivity contribution is 6.32. The highest BCUT2D eigenvalue weighted by Gasteiger charge is 2.36. The molecule has 1 aromatic rings. The zero-order chi connectivity index (χ0) is 14.9. The molecule has 0 radical (unpaired) electrons. The van der Waals surface area contributed by atoms with E-state index in [1.807, 2.05) is 6.92 Å². The topological polar surface area (TPSA) is 58.1 Å². The van der Waals surface area contributed by atoms with Gasteiger partial charge in [0.05, 0.1) is 6.20 Å². The van der Waals surface area contributed by atoms with E-state index >= 15 is 0 Å². The number of anilines is 1. The van der Waals surface area contributed by atoms with Crippen molar-refractivity contribution in [3.8, 4) is 0 Å². The Morgan fingerprint density at radius 3 is 2.81 bits per heavy atom. The number of piperidine rings is 1. The first-order chi connectivity index (χ1) is 10.1. The Bertz CT molecular complexity index is 540. The number of aryl methyl sites for hydroxylation is 1. The maximum atomic E-state index is 11.5. The van der Waals surface area contributed by atoms with Crippen LogP contribution >= 0.6 is 11.6 Å². The van der Waals surface area contributed by atoms with Crippen LogP contribution in [0.1, 0.15) is 37.9 Å². The molecule has 1 aromatic heterocycles. The van der Waals surface area contributed by atoms with Crippen molar-refractivity contribution in [2.45, 2.75) is 39.0 Å². The number of nitrogens with zero attached hydrogens (tertiary/aromatic N) is 3. The summed E-state index contributed by atoms with van der Waals surface area (Å²) in [6, 6.07) is 0. The Kier molecular flexibility index (Phi) is 4.02. The van der Waals surface area contributed by atoms with Crippen molar-refractivity contribution < 1.29 is 4.79 Å². The molecule has 2 aliphatic heterocycles. The van der Waals surface area contributed by atoms with Gasteiger partial charge in [-0.05, 0) is 38.0 Å². The summed E-state index contributed by atoms with van der Waals surface area (Å²) in [4.78, 5) is 22.4. The van der Waals surface area contributed by atoms with Crippen molar-refractivity contribution in [3.05, 3.63) is 17.0 Å². The zero-order valence-electron chi connectivity index (χ0n) is 12.4. The van der Waals surface area contributed by atoms with Gasteiger partial charge in [-0.25, -0.2) is 9.97 Å². The number of carbonyl (C=O) groups excluding carboxylic acids is 1. The third kappa shape index (κ3) is 3.12. The molecule has 21 heavy (non-hydrogen) atoms. The van der Waals surface area contributed by atoms with Crippen LogP contribution in [-0.4, -0.2) is 35.5 Å². The van der Waals surface area contributed by atoms with Gasteiger partial charge in [-0.15, -0.1) is 0 Å². The van der Waals surface area contributed by atoms with Gasteiger partial charge < -0.3 is 10.2 Å². The lowest BCUT2D eigenvalue weighted by Gasteiger charge is -2.42. The van der Waals surface area contributed by atoms with Crippen LogP contribution < -0.4 is 10.2 Å². The largest absolute Gasteiger partial charge is 0.356 e. The quantitative estimate of drug-likeness (QED) is 0.865. The molecule has 0 aromatic carbocycles. The molecule has 5 nitrogen and oxygen atoms in total. The Morgan fingerprint density at radius 1 is 1.29 bits per heavy atom. The maximum absolute atomic E-state index is 11.5. The van der Waals surface area contributed by atoms with Crippen molar-refractivity contribution in [2.24, 2.45) is 5.41 Å². The molecule has 2 fully saturated rings. The number of aromatic nitrogens is 2. The molecule has 1 amide bonds. The molecule has 0 saturated carbocycles. The van der Waals surface area contributed by atoms with Crippen LogP contribution in [0, 0.1) is 12.3 Å². The van der Waals surface area contributed by atoms with Crippen LogP contribution in [0.2, 0.25) is 5.02 Å². The van der Waals surface area contributed by atoms with Gasteiger partial charge in [0.2, 0.25) is 5.91 Å². The highest BCUT2D eigenvalue weighted by Crippen LogP contribution is 2.41. The summed E-state index contributed by atoms with van der Waals surface area (Å²) in [6.45, 7) is 4.59. The van der Waals surface area contributed by atoms with Crippen LogP contribution in [0.5, 0.6) is 0 Å². The average molecular weight is 309 g/mol. The zero-order valence-corrected chi connectivity index (χ0v) is 13.1. The van der Waals surface area contributed by atoms with Gasteiger partial charge in [-0.1, -0.05) is 11.6 Å². The summed E-state index contributed by atoms with van der Waals surface area (Å²) in [5.74, 6) is 1.80. The van der Waals surface area contributed by atoms with E-state index in [1.165, 1.54) is 0 Å². The standard InChI is InChI=1S/C15H21ClN4O/c1-11-18-10-12(16)14(19-11)20-8-5-15(6-9-20)3-2-13(21)17-7-4-15/h10H,2-9H2,1H3,(H,17,21). The summed E-state index contributed by atoms with van der Waals surface area (Å²) >= 11 is 6.23. The molecule has 3 heterocycles. The van der Waals surface area contributed by atoms with Crippen LogP contribution in [-0.2, 0) is 4.79 Å². The van der Waals surface area contributed by atoms with Crippen LogP contribution in [0.4, 0.5) is 5.82 Å². The van der Waals surface area contributed by atoms with Gasteiger partial charge in [0.1, 0.15) is 10.8 Å². The lowest BCUT2D eigenvalue weighted by Crippen LogP contribution is -2.41.